The average Bonchev–Trinajstić information content (AvgIpc) is 2.41. The molecular formula is C15H14O2. The van der Waals surface area contributed by atoms with Gasteiger partial charge in [0.15, 0.2) is 0 Å². The fraction of sp³-hybridized carbons (Fsp3) is 0.0667. The van der Waals surface area contributed by atoms with E-state index in [1.165, 1.54) is 0 Å². The number of hydrogen-bond donors (Lipinski definition) is 0. The molecule has 0 heterocycles. The third kappa shape index (κ3) is 4.03. The van der Waals surface area contributed by atoms with Crippen LogP contribution in [0.25, 0.3) is 6.08 Å². The predicted molar refractivity (Wildman–Crippen MR) is 68.5 cm³/mol. The zero-order chi connectivity index (χ0) is 11.8. The minimum Gasteiger partial charge on any atom is -0.465 e. The summed E-state index contributed by atoms with van der Waals surface area (Å²) in [6.07, 6.45) is 3.53. The molecule has 0 aliphatic carbocycles. The van der Waals surface area contributed by atoms with Crippen molar-refractivity contribution in [3.8, 4) is 5.75 Å². The molecule has 0 bridgehead atoms. The zero-order valence-electron chi connectivity index (χ0n) is 9.45. The number of ether oxygens (including phenoxy) is 2. The molecule has 2 rings (SSSR count). The van der Waals surface area contributed by atoms with E-state index in [9.17, 15) is 0 Å². The molecule has 2 aromatic carbocycles. The summed E-state index contributed by atoms with van der Waals surface area (Å²) < 4.78 is 10.6. The molecule has 0 unspecified atom stereocenters. The van der Waals surface area contributed by atoms with Crippen molar-refractivity contribution in [1.29, 1.82) is 0 Å². The summed E-state index contributed by atoms with van der Waals surface area (Å²) in [7, 11) is 0. The summed E-state index contributed by atoms with van der Waals surface area (Å²) in [6.45, 7) is 0.216. The second kappa shape index (κ2) is 6.38. The van der Waals surface area contributed by atoms with Crippen molar-refractivity contribution in [1.82, 2.24) is 0 Å². The van der Waals surface area contributed by atoms with Crippen molar-refractivity contribution in [3.05, 3.63) is 72.5 Å². The third-order valence-corrected chi connectivity index (χ3v) is 2.19. The average molecular weight is 226 g/mol. The highest BCUT2D eigenvalue weighted by Crippen LogP contribution is 2.08. The molecule has 0 spiro atoms. The lowest BCUT2D eigenvalue weighted by molar-refractivity contribution is 0.0813. The summed E-state index contributed by atoms with van der Waals surface area (Å²) in [5, 5.41) is 0. The Morgan fingerprint density at radius 2 is 1.47 bits per heavy atom. The molecule has 2 heteroatoms. The molecule has 0 saturated heterocycles. The van der Waals surface area contributed by atoms with Gasteiger partial charge < -0.3 is 9.47 Å². The van der Waals surface area contributed by atoms with Crippen molar-refractivity contribution in [2.45, 2.75) is 0 Å². The minimum absolute atomic E-state index is 0.216. The van der Waals surface area contributed by atoms with Crippen LogP contribution in [0.15, 0.2) is 66.9 Å². The summed E-state index contributed by atoms with van der Waals surface area (Å²) >= 11 is 0. The first kappa shape index (κ1) is 11.3. The van der Waals surface area contributed by atoms with Crippen molar-refractivity contribution < 1.29 is 9.47 Å². The number of rotatable bonds is 5. The van der Waals surface area contributed by atoms with Gasteiger partial charge in [-0.3, -0.25) is 0 Å². The summed E-state index contributed by atoms with van der Waals surface area (Å²) in [6, 6.07) is 19.6. The molecule has 0 saturated carbocycles. The van der Waals surface area contributed by atoms with Gasteiger partial charge in [0.1, 0.15) is 5.75 Å². The van der Waals surface area contributed by atoms with Gasteiger partial charge in [-0.05, 0) is 23.8 Å². The first-order chi connectivity index (χ1) is 8.45. The van der Waals surface area contributed by atoms with E-state index in [1.54, 1.807) is 6.26 Å². The Hall–Kier alpha value is -2.22. The Morgan fingerprint density at radius 3 is 2.18 bits per heavy atom. The highest BCUT2D eigenvalue weighted by Gasteiger charge is 1.88. The first-order valence-corrected chi connectivity index (χ1v) is 5.46. The molecule has 0 N–H and O–H groups in total. The maximum atomic E-state index is 5.37. The highest BCUT2D eigenvalue weighted by atomic mass is 16.7. The molecule has 0 aliphatic rings. The molecule has 0 amide bonds. The maximum Gasteiger partial charge on any atom is 0.229 e. The van der Waals surface area contributed by atoms with E-state index in [4.69, 9.17) is 9.47 Å². The van der Waals surface area contributed by atoms with E-state index in [2.05, 4.69) is 0 Å². The summed E-state index contributed by atoms with van der Waals surface area (Å²) in [5.74, 6) is 0.806. The van der Waals surface area contributed by atoms with E-state index in [1.807, 2.05) is 66.7 Å². The number of hydrogen-bond acceptors (Lipinski definition) is 2. The molecule has 0 atom stereocenters. The van der Waals surface area contributed by atoms with E-state index in [0.717, 1.165) is 11.3 Å². The first-order valence-electron chi connectivity index (χ1n) is 5.46. The molecule has 86 valence electrons. The third-order valence-electron chi connectivity index (χ3n) is 2.19. The summed E-state index contributed by atoms with van der Waals surface area (Å²) in [4.78, 5) is 0. The van der Waals surface area contributed by atoms with Gasteiger partial charge in [-0.15, -0.1) is 0 Å². The molecule has 0 fully saturated rings. The Labute approximate surface area is 101 Å². The predicted octanol–water partition coefficient (Wildman–Crippen LogP) is 3.71. The quantitative estimate of drug-likeness (QED) is 0.439. The van der Waals surface area contributed by atoms with Crippen molar-refractivity contribution in [2.75, 3.05) is 6.79 Å². The monoisotopic (exact) mass is 226 g/mol. The van der Waals surface area contributed by atoms with E-state index < -0.39 is 0 Å². The van der Waals surface area contributed by atoms with Crippen molar-refractivity contribution in [2.24, 2.45) is 0 Å². The van der Waals surface area contributed by atoms with E-state index in [0.29, 0.717) is 0 Å². The van der Waals surface area contributed by atoms with Gasteiger partial charge in [0.05, 0.1) is 6.26 Å². The Balaban J connectivity index is 1.72. The lowest BCUT2D eigenvalue weighted by Gasteiger charge is -2.04. The van der Waals surface area contributed by atoms with Crippen LogP contribution in [0.3, 0.4) is 0 Å². The van der Waals surface area contributed by atoms with Gasteiger partial charge in [0.2, 0.25) is 6.79 Å². The van der Waals surface area contributed by atoms with Crippen molar-refractivity contribution in [3.63, 3.8) is 0 Å². The fourth-order valence-electron chi connectivity index (χ4n) is 1.35. The molecule has 2 nitrogen and oxygen atoms in total. The Morgan fingerprint density at radius 1 is 0.824 bits per heavy atom. The highest BCUT2D eigenvalue weighted by molar-refractivity contribution is 5.47. The van der Waals surface area contributed by atoms with Crippen LogP contribution in [0.1, 0.15) is 5.56 Å². The van der Waals surface area contributed by atoms with E-state index in [-0.39, 0.29) is 6.79 Å². The van der Waals surface area contributed by atoms with Crippen LogP contribution in [0.5, 0.6) is 5.75 Å². The summed E-state index contributed by atoms with van der Waals surface area (Å²) in [5.41, 5.74) is 1.10. The zero-order valence-corrected chi connectivity index (χ0v) is 9.45. The number of para-hydroxylation sites is 1. The Bertz CT molecular complexity index is 449. The maximum absolute atomic E-state index is 5.37. The lowest BCUT2D eigenvalue weighted by atomic mass is 10.2. The van der Waals surface area contributed by atoms with Gasteiger partial charge in [-0.25, -0.2) is 0 Å². The van der Waals surface area contributed by atoms with Crippen LogP contribution < -0.4 is 4.74 Å². The normalized spacial score (nSPS) is 10.4. The van der Waals surface area contributed by atoms with Gasteiger partial charge in [0, 0.05) is 0 Å². The van der Waals surface area contributed by atoms with Crippen molar-refractivity contribution >= 4 is 6.08 Å². The van der Waals surface area contributed by atoms with Crippen LogP contribution in [-0.4, -0.2) is 6.79 Å². The molecule has 0 radical (unpaired) electrons. The SMILES string of the molecule is C(=C\c1ccccc1)/OCOc1ccccc1. The number of benzene rings is 2. The van der Waals surface area contributed by atoms with Crippen LogP contribution in [0.4, 0.5) is 0 Å². The topological polar surface area (TPSA) is 18.5 Å². The van der Waals surface area contributed by atoms with E-state index >= 15 is 0 Å². The largest absolute Gasteiger partial charge is 0.465 e. The Kier molecular flexibility index (Phi) is 4.23. The molecule has 17 heavy (non-hydrogen) atoms. The smallest absolute Gasteiger partial charge is 0.229 e. The van der Waals surface area contributed by atoms with Gasteiger partial charge in [0.25, 0.3) is 0 Å². The van der Waals surface area contributed by atoms with Gasteiger partial charge in [-0.2, -0.15) is 0 Å². The second-order valence-corrected chi connectivity index (χ2v) is 3.46. The lowest BCUT2D eigenvalue weighted by Crippen LogP contribution is -1.97. The molecule has 2 aromatic rings. The van der Waals surface area contributed by atoms with Crippen LogP contribution >= 0.6 is 0 Å². The van der Waals surface area contributed by atoms with Crippen LogP contribution in [0.2, 0.25) is 0 Å². The van der Waals surface area contributed by atoms with Crippen LogP contribution in [-0.2, 0) is 4.74 Å². The van der Waals surface area contributed by atoms with Gasteiger partial charge >= 0.3 is 0 Å². The minimum atomic E-state index is 0.216. The second-order valence-electron chi connectivity index (χ2n) is 3.46. The fourth-order valence-corrected chi connectivity index (χ4v) is 1.35. The van der Waals surface area contributed by atoms with Crippen LogP contribution in [0, 0.1) is 0 Å². The standard InChI is InChI=1S/C15H14O2/c1-3-7-14(8-4-1)11-12-16-13-17-15-9-5-2-6-10-15/h1-12H,13H2/b12-11+. The molecular weight excluding hydrogens is 212 g/mol. The van der Waals surface area contributed by atoms with Gasteiger partial charge in [-0.1, -0.05) is 48.5 Å². The molecule has 0 aromatic heterocycles. The molecule has 0 aliphatic heterocycles.